The van der Waals surface area contributed by atoms with Gasteiger partial charge in [-0.05, 0) is 54.7 Å². The third-order valence-electron chi connectivity index (χ3n) is 4.02. The van der Waals surface area contributed by atoms with E-state index in [1.54, 1.807) is 0 Å². The van der Waals surface area contributed by atoms with Gasteiger partial charge in [-0.1, -0.05) is 23.7 Å². The van der Waals surface area contributed by atoms with Gasteiger partial charge in [-0.3, -0.25) is 0 Å². The van der Waals surface area contributed by atoms with Crippen LogP contribution >= 0.6 is 11.6 Å². The molecule has 0 aliphatic heterocycles. The van der Waals surface area contributed by atoms with Gasteiger partial charge in [0, 0.05) is 11.1 Å². The van der Waals surface area contributed by atoms with Crippen LogP contribution in [0.1, 0.15) is 30.9 Å². The average molecular weight is 222 g/mol. The number of fused-ring (bicyclic) bond motifs is 1. The number of benzene rings is 1. The molecule has 2 saturated carbocycles. The Morgan fingerprint density at radius 2 is 1.93 bits per heavy atom. The van der Waals surface area contributed by atoms with E-state index >= 15 is 0 Å². The summed E-state index contributed by atoms with van der Waals surface area (Å²) in [6.45, 7) is 0. The molecule has 2 fully saturated rings. The van der Waals surface area contributed by atoms with Crippen LogP contribution in [0.5, 0.6) is 0 Å². The lowest BCUT2D eigenvalue weighted by atomic mass is 9.90. The van der Waals surface area contributed by atoms with E-state index in [4.69, 9.17) is 17.3 Å². The Labute approximate surface area is 95.6 Å². The van der Waals surface area contributed by atoms with E-state index in [2.05, 4.69) is 6.07 Å². The lowest BCUT2D eigenvalue weighted by Gasteiger charge is -2.21. The fourth-order valence-electron chi connectivity index (χ4n) is 3.04. The summed E-state index contributed by atoms with van der Waals surface area (Å²) in [5.41, 5.74) is 7.50. The molecule has 3 unspecified atom stereocenters. The highest BCUT2D eigenvalue weighted by Gasteiger charge is 2.47. The van der Waals surface area contributed by atoms with Crippen LogP contribution < -0.4 is 5.73 Å². The van der Waals surface area contributed by atoms with E-state index < -0.39 is 0 Å². The van der Waals surface area contributed by atoms with Crippen LogP contribution in [-0.4, -0.2) is 0 Å². The maximum Gasteiger partial charge on any atom is 0.0409 e. The molecule has 3 rings (SSSR count). The van der Waals surface area contributed by atoms with Crippen LogP contribution in [0.15, 0.2) is 24.3 Å². The first-order valence-corrected chi connectivity index (χ1v) is 6.13. The molecule has 2 N–H and O–H groups in total. The van der Waals surface area contributed by atoms with E-state index in [-0.39, 0.29) is 6.04 Å². The first-order chi connectivity index (χ1) is 7.24. The van der Waals surface area contributed by atoms with E-state index in [0.29, 0.717) is 5.92 Å². The van der Waals surface area contributed by atoms with Crippen molar-refractivity contribution in [2.45, 2.75) is 25.3 Å². The van der Waals surface area contributed by atoms with Crippen molar-refractivity contribution in [3.63, 3.8) is 0 Å². The molecular formula is C13H16ClN. The zero-order valence-electron chi connectivity index (χ0n) is 8.70. The van der Waals surface area contributed by atoms with Crippen molar-refractivity contribution in [2.75, 3.05) is 0 Å². The van der Waals surface area contributed by atoms with E-state index in [0.717, 1.165) is 16.9 Å². The first kappa shape index (κ1) is 9.68. The average Bonchev–Trinajstić information content (AvgIpc) is 2.85. The standard InChI is InChI=1S/C13H16ClN/c14-12-3-1-2-8(7-12)13(15)11-5-9-4-10(9)6-11/h1-3,7,9-11,13H,4-6,15H2. The molecule has 1 aromatic carbocycles. The summed E-state index contributed by atoms with van der Waals surface area (Å²) < 4.78 is 0. The minimum atomic E-state index is 0.191. The van der Waals surface area contributed by atoms with Crippen molar-refractivity contribution < 1.29 is 0 Å². The molecule has 2 aliphatic carbocycles. The fourth-order valence-corrected chi connectivity index (χ4v) is 3.24. The van der Waals surface area contributed by atoms with Crippen molar-refractivity contribution in [1.29, 1.82) is 0 Å². The Balaban J connectivity index is 1.76. The molecule has 1 aromatic rings. The van der Waals surface area contributed by atoms with Gasteiger partial charge in [-0.25, -0.2) is 0 Å². The van der Waals surface area contributed by atoms with Gasteiger partial charge < -0.3 is 5.73 Å². The predicted octanol–water partition coefficient (Wildman–Crippen LogP) is 3.39. The second-order valence-corrected chi connectivity index (χ2v) is 5.50. The highest BCUT2D eigenvalue weighted by atomic mass is 35.5. The number of hydrogen-bond acceptors (Lipinski definition) is 1. The quantitative estimate of drug-likeness (QED) is 0.814. The third-order valence-corrected chi connectivity index (χ3v) is 4.26. The zero-order chi connectivity index (χ0) is 10.4. The zero-order valence-corrected chi connectivity index (χ0v) is 9.45. The fraction of sp³-hybridized carbons (Fsp3) is 0.538. The minimum absolute atomic E-state index is 0.191. The molecule has 0 bridgehead atoms. The van der Waals surface area contributed by atoms with Crippen LogP contribution in [0.3, 0.4) is 0 Å². The third kappa shape index (κ3) is 1.79. The van der Waals surface area contributed by atoms with Gasteiger partial charge in [-0.15, -0.1) is 0 Å². The Morgan fingerprint density at radius 3 is 2.60 bits per heavy atom. The molecule has 80 valence electrons. The van der Waals surface area contributed by atoms with Gasteiger partial charge in [0.15, 0.2) is 0 Å². The summed E-state index contributed by atoms with van der Waals surface area (Å²) >= 11 is 5.98. The molecule has 2 aliphatic rings. The maximum atomic E-state index is 6.29. The highest BCUT2D eigenvalue weighted by molar-refractivity contribution is 6.30. The minimum Gasteiger partial charge on any atom is -0.324 e. The van der Waals surface area contributed by atoms with E-state index in [1.165, 1.54) is 24.8 Å². The normalized spacial score (nSPS) is 34.9. The molecular weight excluding hydrogens is 206 g/mol. The summed E-state index contributed by atoms with van der Waals surface area (Å²) in [6.07, 6.45) is 4.12. The smallest absolute Gasteiger partial charge is 0.0409 e. The van der Waals surface area contributed by atoms with Gasteiger partial charge in [0.05, 0.1) is 0 Å². The lowest BCUT2D eigenvalue weighted by molar-refractivity contribution is 0.404. The topological polar surface area (TPSA) is 26.0 Å². The van der Waals surface area contributed by atoms with Gasteiger partial charge in [0.25, 0.3) is 0 Å². The Hall–Kier alpha value is -0.530. The summed E-state index contributed by atoms with van der Waals surface area (Å²) in [5.74, 6) is 2.69. The summed E-state index contributed by atoms with van der Waals surface area (Å²) in [7, 11) is 0. The molecule has 0 aromatic heterocycles. The molecule has 15 heavy (non-hydrogen) atoms. The van der Waals surface area contributed by atoms with Crippen molar-refractivity contribution in [2.24, 2.45) is 23.5 Å². The van der Waals surface area contributed by atoms with Crippen LogP contribution in [0.25, 0.3) is 0 Å². The van der Waals surface area contributed by atoms with Crippen LogP contribution in [0.2, 0.25) is 5.02 Å². The van der Waals surface area contributed by atoms with E-state index in [9.17, 15) is 0 Å². The predicted molar refractivity (Wildman–Crippen MR) is 62.7 cm³/mol. The summed E-state index contributed by atoms with van der Waals surface area (Å²) in [6, 6.07) is 8.20. The van der Waals surface area contributed by atoms with Crippen molar-refractivity contribution in [3.8, 4) is 0 Å². The van der Waals surface area contributed by atoms with Gasteiger partial charge in [-0.2, -0.15) is 0 Å². The molecule has 0 spiro atoms. The summed E-state index contributed by atoms with van der Waals surface area (Å²) in [5, 5.41) is 0.797. The van der Waals surface area contributed by atoms with Crippen LogP contribution in [0, 0.1) is 17.8 Å². The van der Waals surface area contributed by atoms with Crippen LogP contribution in [-0.2, 0) is 0 Å². The molecule has 1 nitrogen and oxygen atoms in total. The number of nitrogens with two attached hydrogens (primary N) is 1. The van der Waals surface area contributed by atoms with Crippen molar-refractivity contribution in [1.82, 2.24) is 0 Å². The molecule has 2 heteroatoms. The second-order valence-electron chi connectivity index (χ2n) is 5.07. The van der Waals surface area contributed by atoms with Gasteiger partial charge in [0.2, 0.25) is 0 Å². The first-order valence-electron chi connectivity index (χ1n) is 5.75. The number of halogens is 1. The van der Waals surface area contributed by atoms with Crippen molar-refractivity contribution in [3.05, 3.63) is 34.9 Å². The lowest BCUT2D eigenvalue weighted by Crippen LogP contribution is -2.20. The SMILES string of the molecule is NC(c1cccc(Cl)c1)C1CC2CC2C1. The molecule has 0 amide bonds. The maximum absolute atomic E-state index is 6.29. The van der Waals surface area contributed by atoms with E-state index in [1.807, 2.05) is 18.2 Å². The number of rotatable bonds is 2. The van der Waals surface area contributed by atoms with Gasteiger partial charge >= 0.3 is 0 Å². The van der Waals surface area contributed by atoms with Crippen LogP contribution in [0.4, 0.5) is 0 Å². The monoisotopic (exact) mass is 221 g/mol. The molecule has 0 saturated heterocycles. The largest absolute Gasteiger partial charge is 0.324 e. The van der Waals surface area contributed by atoms with Crippen molar-refractivity contribution >= 4 is 11.6 Å². The Bertz CT molecular complexity index is 367. The number of hydrogen-bond donors (Lipinski definition) is 1. The Morgan fingerprint density at radius 1 is 1.20 bits per heavy atom. The molecule has 3 atom stereocenters. The summed E-state index contributed by atoms with van der Waals surface area (Å²) in [4.78, 5) is 0. The molecule has 0 heterocycles. The van der Waals surface area contributed by atoms with Gasteiger partial charge in [0.1, 0.15) is 0 Å². The second kappa shape index (κ2) is 3.50. The molecule has 0 radical (unpaired) electrons. The highest BCUT2D eigenvalue weighted by Crippen LogP contribution is 2.56. The Kier molecular flexibility index (Phi) is 2.26.